The Morgan fingerprint density at radius 3 is 3.11 bits per heavy atom. The fourth-order valence-electron chi connectivity index (χ4n) is 1.71. The number of rotatable bonds is 4. The van der Waals surface area contributed by atoms with Gasteiger partial charge in [0, 0.05) is 6.42 Å². The van der Waals surface area contributed by atoms with Gasteiger partial charge in [-0.05, 0) is 31.0 Å². The van der Waals surface area contributed by atoms with Crippen LogP contribution in [0.3, 0.4) is 0 Å². The van der Waals surface area contributed by atoms with E-state index in [-0.39, 0.29) is 18.3 Å². The molecule has 18 heavy (non-hydrogen) atoms. The topological polar surface area (TPSA) is 55.4 Å². The minimum absolute atomic E-state index is 0.0702. The molecule has 0 spiro atoms. The standard InChI is InChI=1S/C14H15NO3/c1-10(16)4-2-3-5-11-6-7-13-12(8-11)15-14(17)9-18-13/h3,5-8H,2,4,9H2,1H3,(H,15,17)/b5-3+. The zero-order valence-corrected chi connectivity index (χ0v) is 10.2. The van der Waals surface area contributed by atoms with Gasteiger partial charge in [0.2, 0.25) is 0 Å². The van der Waals surface area contributed by atoms with Gasteiger partial charge in [0.05, 0.1) is 5.69 Å². The molecule has 4 heteroatoms. The van der Waals surface area contributed by atoms with E-state index in [1.807, 2.05) is 30.4 Å². The molecule has 1 aromatic rings. The number of allylic oxidation sites excluding steroid dienone is 1. The van der Waals surface area contributed by atoms with Crippen molar-refractivity contribution in [2.45, 2.75) is 19.8 Å². The van der Waals surface area contributed by atoms with Crippen LogP contribution in [0.15, 0.2) is 24.3 Å². The molecule has 0 radical (unpaired) electrons. The predicted octanol–water partition coefficient (Wildman–Crippen LogP) is 2.40. The molecule has 0 bridgehead atoms. The highest BCUT2D eigenvalue weighted by molar-refractivity contribution is 5.95. The lowest BCUT2D eigenvalue weighted by atomic mass is 10.1. The van der Waals surface area contributed by atoms with E-state index in [9.17, 15) is 9.59 Å². The average Bonchev–Trinajstić information content (AvgIpc) is 2.34. The number of carbonyl (C=O) groups excluding carboxylic acids is 2. The molecule has 1 aromatic carbocycles. The maximum absolute atomic E-state index is 11.2. The van der Waals surface area contributed by atoms with E-state index in [0.717, 1.165) is 12.0 Å². The Bertz CT molecular complexity index is 506. The van der Waals surface area contributed by atoms with E-state index in [4.69, 9.17) is 4.74 Å². The molecule has 1 aliphatic rings. The number of nitrogens with one attached hydrogen (secondary N) is 1. The van der Waals surface area contributed by atoms with E-state index in [2.05, 4.69) is 5.32 Å². The molecule has 0 saturated heterocycles. The number of ketones is 1. The van der Waals surface area contributed by atoms with Gasteiger partial charge >= 0.3 is 0 Å². The number of amides is 1. The van der Waals surface area contributed by atoms with Gasteiger partial charge in [-0.25, -0.2) is 0 Å². The van der Waals surface area contributed by atoms with Crippen LogP contribution >= 0.6 is 0 Å². The van der Waals surface area contributed by atoms with Gasteiger partial charge in [-0.15, -0.1) is 0 Å². The summed E-state index contributed by atoms with van der Waals surface area (Å²) >= 11 is 0. The molecule has 1 N–H and O–H groups in total. The monoisotopic (exact) mass is 245 g/mol. The van der Waals surface area contributed by atoms with Crippen molar-refractivity contribution in [3.8, 4) is 5.75 Å². The molecule has 1 aliphatic heterocycles. The molecule has 94 valence electrons. The fourth-order valence-corrected chi connectivity index (χ4v) is 1.71. The summed E-state index contributed by atoms with van der Waals surface area (Å²) in [6, 6.07) is 5.61. The summed E-state index contributed by atoms with van der Waals surface area (Å²) in [7, 11) is 0. The van der Waals surface area contributed by atoms with E-state index in [0.29, 0.717) is 17.9 Å². The third-order valence-corrected chi connectivity index (χ3v) is 2.61. The second-order valence-corrected chi connectivity index (χ2v) is 4.24. The molecular formula is C14H15NO3. The number of hydrogen-bond acceptors (Lipinski definition) is 3. The Hall–Kier alpha value is -2.10. The lowest BCUT2D eigenvalue weighted by molar-refractivity contribution is -0.119. The smallest absolute Gasteiger partial charge is 0.262 e. The summed E-state index contributed by atoms with van der Waals surface area (Å²) in [5.41, 5.74) is 1.67. The number of ether oxygens (including phenoxy) is 1. The predicted molar refractivity (Wildman–Crippen MR) is 69.5 cm³/mol. The fraction of sp³-hybridized carbons (Fsp3) is 0.286. The highest BCUT2D eigenvalue weighted by atomic mass is 16.5. The second-order valence-electron chi connectivity index (χ2n) is 4.24. The lowest BCUT2D eigenvalue weighted by Gasteiger charge is -2.17. The SMILES string of the molecule is CC(=O)CC/C=C/c1ccc2c(c1)NC(=O)CO2. The van der Waals surface area contributed by atoms with Gasteiger partial charge in [0.15, 0.2) is 6.61 Å². The van der Waals surface area contributed by atoms with Crippen molar-refractivity contribution in [1.82, 2.24) is 0 Å². The molecule has 0 atom stereocenters. The summed E-state index contributed by atoms with van der Waals surface area (Å²) in [5.74, 6) is 0.737. The zero-order valence-electron chi connectivity index (χ0n) is 10.2. The van der Waals surface area contributed by atoms with Crippen LogP contribution in [0.5, 0.6) is 5.75 Å². The zero-order chi connectivity index (χ0) is 13.0. The van der Waals surface area contributed by atoms with Crippen LogP contribution in [-0.2, 0) is 9.59 Å². The second kappa shape index (κ2) is 5.49. The first kappa shape index (κ1) is 12.4. The van der Waals surface area contributed by atoms with Crippen LogP contribution in [0.1, 0.15) is 25.3 Å². The van der Waals surface area contributed by atoms with Gasteiger partial charge in [-0.3, -0.25) is 4.79 Å². The van der Waals surface area contributed by atoms with Gasteiger partial charge in [0.25, 0.3) is 5.91 Å². The minimum Gasteiger partial charge on any atom is -0.482 e. The van der Waals surface area contributed by atoms with Gasteiger partial charge < -0.3 is 14.8 Å². The Balaban J connectivity index is 2.04. The first-order valence-electron chi connectivity index (χ1n) is 5.88. The van der Waals surface area contributed by atoms with Crippen molar-refractivity contribution in [3.63, 3.8) is 0 Å². The molecule has 0 aliphatic carbocycles. The molecule has 2 rings (SSSR count). The number of Topliss-reactive ketones (excluding diaryl/α,β-unsaturated/α-hetero) is 1. The number of fused-ring (bicyclic) bond motifs is 1. The van der Waals surface area contributed by atoms with E-state index in [1.165, 1.54) is 0 Å². The van der Waals surface area contributed by atoms with Crippen molar-refractivity contribution >= 4 is 23.5 Å². The highest BCUT2D eigenvalue weighted by Gasteiger charge is 2.15. The summed E-state index contributed by atoms with van der Waals surface area (Å²) in [6.45, 7) is 1.65. The molecule has 0 unspecified atom stereocenters. The first-order chi connectivity index (χ1) is 8.65. The van der Waals surface area contributed by atoms with Crippen LogP contribution in [0, 0.1) is 0 Å². The van der Waals surface area contributed by atoms with Gasteiger partial charge in [-0.2, -0.15) is 0 Å². The average molecular weight is 245 g/mol. The largest absolute Gasteiger partial charge is 0.482 e. The molecule has 4 nitrogen and oxygen atoms in total. The minimum atomic E-state index is -0.139. The highest BCUT2D eigenvalue weighted by Crippen LogP contribution is 2.28. The number of benzene rings is 1. The summed E-state index contributed by atoms with van der Waals surface area (Å²) < 4.78 is 5.27. The third kappa shape index (κ3) is 3.20. The summed E-state index contributed by atoms with van der Waals surface area (Å²) in [4.78, 5) is 22.0. The van der Waals surface area contributed by atoms with Crippen LogP contribution in [0.2, 0.25) is 0 Å². The lowest BCUT2D eigenvalue weighted by Crippen LogP contribution is -2.25. The normalized spacial score (nSPS) is 13.9. The molecule has 0 fully saturated rings. The maximum Gasteiger partial charge on any atom is 0.262 e. The van der Waals surface area contributed by atoms with Crippen LogP contribution in [0.4, 0.5) is 5.69 Å². The Morgan fingerprint density at radius 2 is 2.33 bits per heavy atom. The summed E-state index contributed by atoms with van der Waals surface area (Å²) in [5, 5.41) is 2.76. The number of hydrogen-bond donors (Lipinski definition) is 1. The van der Waals surface area contributed by atoms with Crippen molar-refractivity contribution in [2.75, 3.05) is 11.9 Å². The van der Waals surface area contributed by atoms with Gasteiger partial charge in [-0.1, -0.05) is 18.2 Å². The molecule has 0 saturated carbocycles. The Labute approximate surface area is 106 Å². The Kier molecular flexibility index (Phi) is 3.77. The molecule has 0 aromatic heterocycles. The van der Waals surface area contributed by atoms with Crippen molar-refractivity contribution in [2.24, 2.45) is 0 Å². The Morgan fingerprint density at radius 1 is 1.50 bits per heavy atom. The van der Waals surface area contributed by atoms with Crippen LogP contribution in [0.25, 0.3) is 6.08 Å². The van der Waals surface area contributed by atoms with Crippen molar-refractivity contribution in [1.29, 1.82) is 0 Å². The number of anilines is 1. The molecule has 1 heterocycles. The summed E-state index contributed by atoms with van der Waals surface area (Å²) in [6.07, 6.45) is 5.18. The quantitative estimate of drug-likeness (QED) is 0.886. The molecular weight excluding hydrogens is 230 g/mol. The van der Waals surface area contributed by atoms with E-state index in [1.54, 1.807) is 6.92 Å². The third-order valence-electron chi connectivity index (χ3n) is 2.61. The van der Waals surface area contributed by atoms with Gasteiger partial charge in [0.1, 0.15) is 11.5 Å². The maximum atomic E-state index is 11.2. The van der Waals surface area contributed by atoms with E-state index >= 15 is 0 Å². The van der Waals surface area contributed by atoms with E-state index < -0.39 is 0 Å². The van der Waals surface area contributed by atoms with Crippen molar-refractivity contribution < 1.29 is 14.3 Å². The van der Waals surface area contributed by atoms with Crippen LogP contribution in [-0.4, -0.2) is 18.3 Å². The van der Waals surface area contributed by atoms with Crippen molar-refractivity contribution in [3.05, 3.63) is 29.8 Å². The number of carbonyl (C=O) groups is 2. The van der Waals surface area contributed by atoms with Crippen LogP contribution < -0.4 is 10.1 Å². The first-order valence-corrected chi connectivity index (χ1v) is 5.88. The molecule has 1 amide bonds.